The van der Waals surface area contributed by atoms with Gasteiger partial charge in [0.1, 0.15) is 11.5 Å². The molecule has 0 unspecified atom stereocenters. The van der Waals surface area contributed by atoms with Crippen molar-refractivity contribution in [3.8, 4) is 11.5 Å². The van der Waals surface area contributed by atoms with Crippen LogP contribution < -0.4 is 20.1 Å². The van der Waals surface area contributed by atoms with Crippen molar-refractivity contribution in [3.63, 3.8) is 0 Å². The third kappa shape index (κ3) is 6.79. The molecule has 0 aliphatic carbocycles. The van der Waals surface area contributed by atoms with Crippen LogP contribution >= 0.6 is 15.9 Å². The number of benzene rings is 2. The zero-order valence-corrected chi connectivity index (χ0v) is 16.7. The van der Waals surface area contributed by atoms with Crippen LogP contribution in [0.25, 0.3) is 6.08 Å². The van der Waals surface area contributed by atoms with E-state index in [1.807, 2.05) is 12.1 Å². The molecular formula is C20H21BrN2O4. The van der Waals surface area contributed by atoms with Gasteiger partial charge < -0.3 is 20.1 Å². The third-order valence-corrected chi connectivity index (χ3v) is 4.16. The smallest absolute Gasteiger partial charge is 0.244 e. The summed E-state index contributed by atoms with van der Waals surface area (Å²) in [6.45, 7) is 0.237. The quantitative estimate of drug-likeness (QED) is 0.624. The van der Waals surface area contributed by atoms with Crippen LogP contribution in [0.4, 0.5) is 5.69 Å². The molecule has 0 aliphatic heterocycles. The van der Waals surface area contributed by atoms with Gasteiger partial charge in [-0.15, -0.1) is 0 Å². The molecule has 0 atom stereocenters. The number of hydrogen-bond acceptors (Lipinski definition) is 4. The van der Waals surface area contributed by atoms with E-state index in [0.29, 0.717) is 17.2 Å². The van der Waals surface area contributed by atoms with E-state index in [1.54, 1.807) is 50.6 Å². The number of nitrogens with one attached hydrogen (secondary N) is 2. The summed E-state index contributed by atoms with van der Waals surface area (Å²) in [5, 5.41) is 5.45. The highest BCUT2D eigenvalue weighted by atomic mass is 79.9. The van der Waals surface area contributed by atoms with Crippen molar-refractivity contribution < 1.29 is 19.1 Å². The van der Waals surface area contributed by atoms with Crippen LogP contribution in [-0.2, 0) is 9.59 Å². The summed E-state index contributed by atoms with van der Waals surface area (Å²) in [5.41, 5.74) is 1.43. The van der Waals surface area contributed by atoms with E-state index < -0.39 is 0 Å². The minimum absolute atomic E-state index is 0.170. The number of hydrogen-bond donors (Lipinski definition) is 2. The Balaban J connectivity index is 1.81. The third-order valence-electron chi connectivity index (χ3n) is 3.63. The van der Waals surface area contributed by atoms with Crippen molar-refractivity contribution in [2.45, 2.75) is 6.42 Å². The maximum absolute atomic E-state index is 11.9. The maximum atomic E-state index is 11.9. The number of carbonyl (C=O) groups is 2. The molecule has 0 saturated heterocycles. The number of ether oxygens (including phenoxy) is 2. The lowest BCUT2D eigenvalue weighted by molar-refractivity contribution is -0.117. The van der Waals surface area contributed by atoms with E-state index in [1.165, 1.54) is 6.08 Å². The lowest BCUT2D eigenvalue weighted by atomic mass is 10.1. The Morgan fingerprint density at radius 3 is 2.48 bits per heavy atom. The van der Waals surface area contributed by atoms with E-state index in [4.69, 9.17) is 9.47 Å². The van der Waals surface area contributed by atoms with Crippen molar-refractivity contribution in [1.82, 2.24) is 5.32 Å². The summed E-state index contributed by atoms with van der Waals surface area (Å²) in [6, 6.07) is 12.6. The van der Waals surface area contributed by atoms with Crippen molar-refractivity contribution in [1.29, 1.82) is 0 Å². The predicted molar refractivity (Wildman–Crippen MR) is 109 cm³/mol. The van der Waals surface area contributed by atoms with E-state index in [9.17, 15) is 9.59 Å². The van der Waals surface area contributed by atoms with Crippen LogP contribution in [0.15, 0.2) is 53.0 Å². The highest BCUT2D eigenvalue weighted by molar-refractivity contribution is 9.10. The molecule has 0 radical (unpaired) electrons. The Labute approximate surface area is 166 Å². The number of anilines is 1. The summed E-state index contributed by atoms with van der Waals surface area (Å²) >= 11 is 3.34. The Kier molecular flexibility index (Phi) is 7.88. The highest BCUT2D eigenvalue weighted by Crippen LogP contribution is 2.25. The number of rotatable bonds is 8. The lowest BCUT2D eigenvalue weighted by Gasteiger charge is -2.07. The van der Waals surface area contributed by atoms with Gasteiger partial charge in [-0.1, -0.05) is 15.9 Å². The Morgan fingerprint density at radius 1 is 1.07 bits per heavy atom. The number of halogens is 1. The van der Waals surface area contributed by atoms with E-state index >= 15 is 0 Å². The van der Waals surface area contributed by atoms with Gasteiger partial charge in [-0.3, -0.25) is 9.59 Å². The monoisotopic (exact) mass is 432 g/mol. The molecule has 0 bridgehead atoms. The molecule has 6 nitrogen and oxygen atoms in total. The molecule has 0 spiro atoms. The van der Waals surface area contributed by atoms with Crippen molar-refractivity contribution >= 4 is 39.5 Å². The fourth-order valence-corrected chi connectivity index (χ4v) is 2.51. The average Bonchev–Trinajstić information content (AvgIpc) is 2.67. The maximum Gasteiger partial charge on any atom is 0.244 e. The zero-order valence-electron chi connectivity index (χ0n) is 15.1. The minimum atomic E-state index is -0.295. The standard InChI is InChI=1S/C20H21BrN2O4/c1-26-17-8-9-18(27-2)14(13-17)3-10-19(24)22-12-11-20(25)23-16-6-4-15(21)5-7-16/h3-10,13H,11-12H2,1-2H3,(H,22,24)(H,23,25)/b10-3+. The Bertz CT molecular complexity index is 819. The first kappa shape index (κ1) is 20.5. The second-order valence-corrected chi connectivity index (χ2v) is 6.45. The highest BCUT2D eigenvalue weighted by Gasteiger charge is 2.05. The molecule has 2 N–H and O–H groups in total. The van der Waals surface area contributed by atoms with E-state index in [0.717, 1.165) is 10.0 Å². The molecule has 2 amide bonds. The second kappa shape index (κ2) is 10.4. The Hall–Kier alpha value is -2.80. The number of carbonyl (C=O) groups excluding carboxylic acids is 2. The molecular weight excluding hydrogens is 412 g/mol. The fourth-order valence-electron chi connectivity index (χ4n) is 2.25. The van der Waals surface area contributed by atoms with Crippen LogP contribution in [0, 0.1) is 0 Å². The number of amides is 2. The lowest BCUT2D eigenvalue weighted by Crippen LogP contribution is -2.26. The first-order valence-corrected chi connectivity index (χ1v) is 9.04. The summed E-state index contributed by atoms with van der Waals surface area (Å²) in [4.78, 5) is 23.8. The molecule has 0 aromatic heterocycles. The van der Waals surface area contributed by atoms with Gasteiger partial charge in [0.25, 0.3) is 0 Å². The van der Waals surface area contributed by atoms with Gasteiger partial charge in [-0.05, 0) is 48.5 Å². The van der Waals surface area contributed by atoms with Crippen LogP contribution in [0.1, 0.15) is 12.0 Å². The molecule has 2 rings (SSSR count). The minimum Gasteiger partial charge on any atom is -0.497 e. The van der Waals surface area contributed by atoms with Gasteiger partial charge in [0.05, 0.1) is 14.2 Å². The van der Waals surface area contributed by atoms with E-state index in [-0.39, 0.29) is 24.8 Å². The predicted octanol–water partition coefficient (Wildman–Crippen LogP) is 3.62. The molecule has 0 aliphatic rings. The molecule has 0 heterocycles. The molecule has 142 valence electrons. The second-order valence-electron chi connectivity index (χ2n) is 5.54. The molecule has 0 fully saturated rings. The van der Waals surface area contributed by atoms with Crippen molar-refractivity contribution in [2.75, 3.05) is 26.1 Å². The summed E-state index contributed by atoms with van der Waals surface area (Å²) in [7, 11) is 3.13. The fraction of sp³-hybridized carbons (Fsp3) is 0.200. The van der Waals surface area contributed by atoms with Gasteiger partial charge in [-0.2, -0.15) is 0 Å². The van der Waals surface area contributed by atoms with Crippen molar-refractivity contribution in [2.24, 2.45) is 0 Å². The van der Waals surface area contributed by atoms with Crippen LogP contribution in [0.5, 0.6) is 11.5 Å². The van der Waals surface area contributed by atoms with Crippen LogP contribution in [-0.4, -0.2) is 32.6 Å². The molecule has 2 aromatic rings. The average molecular weight is 433 g/mol. The first-order valence-electron chi connectivity index (χ1n) is 8.25. The molecule has 2 aromatic carbocycles. The number of methoxy groups -OCH3 is 2. The molecule has 0 saturated carbocycles. The van der Waals surface area contributed by atoms with E-state index in [2.05, 4.69) is 26.6 Å². The van der Waals surface area contributed by atoms with Gasteiger partial charge in [0.15, 0.2) is 0 Å². The largest absolute Gasteiger partial charge is 0.497 e. The van der Waals surface area contributed by atoms with Crippen LogP contribution in [0.2, 0.25) is 0 Å². The van der Waals surface area contributed by atoms with Gasteiger partial charge in [0, 0.05) is 34.8 Å². The summed E-state index contributed by atoms with van der Waals surface area (Å²) in [6.07, 6.45) is 3.21. The van der Waals surface area contributed by atoms with Crippen LogP contribution in [0.3, 0.4) is 0 Å². The van der Waals surface area contributed by atoms with Crippen molar-refractivity contribution in [3.05, 3.63) is 58.6 Å². The SMILES string of the molecule is COc1ccc(OC)c(/C=C/C(=O)NCCC(=O)Nc2ccc(Br)cc2)c1. The normalized spacial score (nSPS) is 10.5. The topological polar surface area (TPSA) is 76.7 Å². The van der Waals surface area contributed by atoms with Gasteiger partial charge in [-0.25, -0.2) is 0 Å². The van der Waals surface area contributed by atoms with Gasteiger partial charge in [0.2, 0.25) is 11.8 Å². The molecule has 27 heavy (non-hydrogen) atoms. The Morgan fingerprint density at radius 2 is 1.81 bits per heavy atom. The van der Waals surface area contributed by atoms with Gasteiger partial charge >= 0.3 is 0 Å². The summed E-state index contributed by atoms with van der Waals surface area (Å²) in [5.74, 6) is 0.835. The summed E-state index contributed by atoms with van der Waals surface area (Å²) < 4.78 is 11.4. The zero-order chi connectivity index (χ0) is 19.6. The first-order chi connectivity index (χ1) is 13.0. The molecule has 7 heteroatoms.